The van der Waals surface area contributed by atoms with E-state index >= 15 is 0 Å². The monoisotopic (exact) mass is 400 g/mol. The molecule has 1 aromatic heterocycles. The van der Waals surface area contributed by atoms with E-state index in [-0.39, 0.29) is 15.6 Å². The summed E-state index contributed by atoms with van der Waals surface area (Å²) in [5.74, 6) is 1.48. The topological polar surface area (TPSA) is 63.4 Å². The highest BCUT2D eigenvalue weighted by molar-refractivity contribution is 6.02. The van der Waals surface area contributed by atoms with Crippen LogP contribution in [-0.4, -0.2) is 17.7 Å². The molecule has 2 aliphatic rings. The van der Waals surface area contributed by atoms with Crippen molar-refractivity contribution in [3.63, 3.8) is 0 Å². The fraction of sp³-hybridized carbons (Fsp3) is 0.160. The zero-order valence-corrected chi connectivity index (χ0v) is 16.3. The molecule has 1 aliphatic heterocycles. The Bertz CT molecular complexity index is 1300. The average Bonchev–Trinajstić information content (AvgIpc) is 3.23. The van der Waals surface area contributed by atoms with Crippen molar-refractivity contribution in [2.75, 3.05) is 12.1 Å². The number of H-pyrrole nitrogens is 1. The molecule has 2 heterocycles. The van der Waals surface area contributed by atoms with Crippen LogP contribution in [0.25, 0.3) is 22.0 Å². The Hall–Kier alpha value is -3.73. The number of fused-ring (bicyclic) bond motifs is 2. The molecule has 4 aromatic rings. The Morgan fingerprint density at radius 1 is 0.933 bits per heavy atom. The molecule has 5 nitrogen and oxygen atoms in total. The Labute approximate surface area is 176 Å². The predicted molar refractivity (Wildman–Crippen MR) is 120 cm³/mol. The van der Waals surface area contributed by atoms with Crippen molar-refractivity contribution in [2.45, 2.75) is 18.3 Å². The van der Waals surface area contributed by atoms with Crippen molar-refractivity contribution >= 4 is 22.5 Å². The van der Waals surface area contributed by atoms with Crippen molar-refractivity contribution in [3.05, 3.63) is 78.5 Å². The van der Waals surface area contributed by atoms with Gasteiger partial charge in [0.25, 0.3) is 0 Å². The molecular weight excluding hydrogens is 376 g/mol. The second-order valence-corrected chi connectivity index (χ2v) is 7.96. The van der Waals surface area contributed by atoms with Crippen molar-refractivity contribution in [1.29, 1.82) is 0 Å². The van der Waals surface area contributed by atoms with Crippen LogP contribution >= 0.6 is 0 Å². The van der Waals surface area contributed by atoms with Gasteiger partial charge in [0, 0.05) is 20.3 Å². The maximum atomic E-state index is 13.2. The second kappa shape index (κ2) is 6.39. The number of anilines is 1. The molecule has 0 atom stereocenters. The molecule has 1 amide bonds. The number of ether oxygens (including phenoxy) is 2. The molecule has 0 bridgehead atoms. The van der Waals surface area contributed by atoms with Crippen molar-refractivity contribution < 1.29 is 17.1 Å². The van der Waals surface area contributed by atoms with Gasteiger partial charge >= 0.3 is 0 Å². The van der Waals surface area contributed by atoms with E-state index in [4.69, 9.17) is 9.47 Å². The first-order valence-electron chi connectivity index (χ1n) is 10.1. The second-order valence-electron chi connectivity index (χ2n) is 7.96. The minimum atomic E-state index is -0.485. The molecule has 5 heteroatoms. The van der Waals surface area contributed by atoms with Gasteiger partial charge in [-0.2, -0.15) is 0 Å². The third-order valence-electron chi connectivity index (χ3n) is 6.12. The molecular formula is C25H24N2O3. The van der Waals surface area contributed by atoms with Gasteiger partial charge in [0.15, 0.2) is 11.5 Å². The van der Waals surface area contributed by atoms with E-state index in [0.717, 1.165) is 46.5 Å². The van der Waals surface area contributed by atoms with Crippen molar-refractivity contribution in [3.8, 4) is 22.6 Å². The lowest BCUT2D eigenvalue weighted by atomic mass is 9.94. The average molecular weight is 400 g/mol. The summed E-state index contributed by atoms with van der Waals surface area (Å²) in [4.78, 5) is 16.4. The van der Waals surface area contributed by atoms with Gasteiger partial charge in [-0.15, -0.1) is 0 Å². The molecule has 0 spiro atoms. The van der Waals surface area contributed by atoms with Crippen LogP contribution in [0.5, 0.6) is 11.5 Å². The first-order chi connectivity index (χ1) is 14.7. The molecule has 152 valence electrons. The van der Waals surface area contributed by atoms with Crippen LogP contribution in [-0.2, 0) is 10.2 Å². The summed E-state index contributed by atoms with van der Waals surface area (Å²) in [5.41, 5.74) is 4.61. The zero-order chi connectivity index (χ0) is 20.1. The Kier molecular flexibility index (Phi) is 3.65. The minimum absolute atomic E-state index is 0. The first-order valence-corrected chi connectivity index (χ1v) is 10.1. The SMILES string of the molecule is O=C(Nc1cccc(-c2ccc3[nH]ccc3c2)c1)C1(c2ccc3c(c2)OCO3)CC1.[HH].[HH]. The largest absolute Gasteiger partial charge is 0.454 e. The van der Waals surface area contributed by atoms with Crippen LogP contribution in [0.4, 0.5) is 5.69 Å². The number of rotatable bonds is 4. The van der Waals surface area contributed by atoms with Gasteiger partial charge in [-0.1, -0.05) is 24.3 Å². The Morgan fingerprint density at radius 3 is 2.70 bits per heavy atom. The summed E-state index contributed by atoms with van der Waals surface area (Å²) in [6.45, 7) is 0.235. The maximum Gasteiger partial charge on any atom is 0.235 e. The number of amides is 1. The standard InChI is InChI=1S/C25H20N2O3.2H2/c28-24(25(9-10-25)19-5-7-22-23(14-19)30-15-29-22)27-20-3-1-2-16(13-20)17-4-6-21-18(12-17)8-11-26-21;;/h1-8,11-14,26H,9-10,15H2,(H,27,28);2*1H. The van der Waals surface area contributed by atoms with Gasteiger partial charge in [-0.25, -0.2) is 0 Å². The molecule has 1 saturated carbocycles. The molecule has 1 aliphatic carbocycles. The third kappa shape index (κ3) is 2.74. The number of hydrogen-bond donors (Lipinski definition) is 2. The summed E-state index contributed by atoms with van der Waals surface area (Å²) < 4.78 is 10.9. The molecule has 30 heavy (non-hydrogen) atoms. The molecule has 2 N–H and O–H groups in total. The summed E-state index contributed by atoms with van der Waals surface area (Å²) >= 11 is 0. The highest BCUT2D eigenvalue weighted by atomic mass is 16.7. The van der Waals surface area contributed by atoms with Gasteiger partial charge in [-0.3, -0.25) is 4.79 Å². The van der Waals surface area contributed by atoms with Crippen LogP contribution in [0.1, 0.15) is 21.3 Å². The minimum Gasteiger partial charge on any atom is -0.454 e. The number of aromatic nitrogens is 1. The van der Waals surface area contributed by atoms with Crippen LogP contribution in [0.15, 0.2) is 72.9 Å². The van der Waals surface area contributed by atoms with E-state index in [0.29, 0.717) is 5.75 Å². The number of nitrogens with one attached hydrogen (secondary N) is 2. The van der Waals surface area contributed by atoms with Gasteiger partial charge in [0.2, 0.25) is 12.7 Å². The van der Waals surface area contributed by atoms with Crippen LogP contribution in [0.2, 0.25) is 0 Å². The van der Waals surface area contributed by atoms with Gasteiger partial charge in [0.05, 0.1) is 5.41 Å². The molecule has 3 aromatic carbocycles. The van der Waals surface area contributed by atoms with E-state index in [1.54, 1.807) is 0 Å². The molecule has 6 rings (SSSR count). The number of aromatic amines is 1. The zero-order valence-electron chi connectivity index (χ0n) is 16.3. The molecule has 0 unspecified atom stereocenters. The highest BCUT2D eigenvalue weighted by Gasteiger charge is 2.51. The summed E-state index contributed by atoms with van der Waals surface area (Å²) in [6, 6.07) is 22.2. The molecule has 0 saturated heterocycles. The summed E-state index contributed by atoms with van der Waals surface area (Å²) in [5, 5.41) is 4.30. The number of carbonyl (C=O) groups is 1. The van der Waals surface area contributed by atoms with E-state index in [9.17, 15) is 4.79 Å². The fourth-order valence-corrected chi connectivity index (χ4v) is 4.23. The summed E-state index contributed by atoms with van der Waals surface area (Å²) in [6.07, 6.45) is 3.61. The lowest BCUT2D eigenvalue weighted by Crippen LogP contribution is -2.27. The van der Waals surface area contributed by atoms with E-state index in [1.807, 2.05) is 42.6 Å². The molecule has 0 radical (unpaired) electrons. The van der Waals surface area contributed by atoms with Crippen LogP contribution < -0.4 is 14.8 Å². The van der Waals surface area contributed by atoms with Crippen molar-refractivity contribution in [1.82, 2.24) is 4.98 Å². The smallest absolute Gasteiger partial charge is 0.235 e. The predicted octanol–water partition coefficient (Wildman–Crippen LogP) is 5.73. The Morgan fingerprint density at radius 2 is 1.80 bits per heavy atom. The fourth-order valence-electron chi connectivity index (χ4n) is 4.23. The van der Waals surface area contributed by atoms with E-state index < -0.39 is 5.41 Å². The Balaban J connectivity index is 0.00000122. The number of benzene rings is 3. The van der Waals surface area contributed by atoms with Crippen LogP contribution in [0.3, 0.4) is 0 Å². The summed E-state index contributed by atoms with van der Waals surface area (Å²) in [7, 11) is 0. The van der Waals surface area contributed by atoms with Gasteiger partial charge < -0.3 is 19.8 Å². The highest BCUT2D eigenvalue weighted by Crippen LogP contribution is 2.51. The van der Waals surface area contributed by atoms with Gasteiger partial charge in [0.1, 0.15) is 0 Å². The van der Waals surface area contributed by atoms with Gasteiger partial charge in [-0.05, 0) is 77.4 Å². The molecule has 1 fully saturated rings. The first kappa shape index (κ1) is 17.2. The van der Waals surface area contributed by atoms with Crippen molar-refractivity contribution in [2.24, 2.45) is 0 Å². The van der Waals surface area contributed by atoms with E-state index in [2.05, 4.69) is 40.6 Å². The third-order valence-corrected chi connectivity index (χ3v) is 6.12. The lowest BCUT2D eigenvalue weighted by molar-refractivity contribution is -0.118. The normalized spacial score (nSPS) is 15.9. The lowest BCUT2D eigenvalue weighted by Gasteiger charge is -2.17. The maximum absolute atomic E-state index is 13.2. The number of hydrogen-bond acceptors (Lipinski definition) is 3. The van der Waals surface area contributed by atoms with Crippen LogP contribution in [0, 0.1) is 0 Å². The quantitative estimate of drug-likeness (QED) is 0.460. The number of carbonyl (C=O) groups excluding carboxylic acids is 1. The van der Waals surface area contributed by atoms with E-state index in [1.165, 1.54) is 5.39 Å².